The molecule has 1 saturated heterocycles. The van der Waals surface area contributed by atoms with Gasteiger partial charge in [-0.2, -0.15) is 0 Å². The standard InChI is InChI=1S/C8H11BrN4/c9-6-7(10)11-5-12-8(6)13-3-1-2-4-13/h5H,1-4H2,(H2,10,11,12). The third kappa shape index (κ3) is 1.60. The summed E-state index contributed by atoms with van der Waals surface area (Å²) in [4.78, 5) is 10.3. The number of halogens is 1. The van der Waals surface area contributed by atoms with E-state index in [9.17, 15) is 0 Å². The molecular formula is C8H11BrN4. The summed E-state index contributed by atoms with van der Waals surface area (Å²) in [6.45, 7) is 2.13. The van der Waals surface area contributed by atoms with Crippen LogP contribution >= 0.6 is 15.9 Å². The van der Waals surface area contributed by atoms with Crippen LogP contribution in [0.4, 0.5) is 11.6 Å². The highest BCUT2D eigenvalue weighted by molar-refractivity contribution is 9.10. The van der Waals surface area contributed by atoms with Gasteiger partial charge in [0.15, 0.2) is 0 Å². The van der Waals surface area contributed by atoms with Gasteiger partial charge in [0, 0.05) is 13.1 Å². The quantitative estimate of drug-likeness (QED) is 0.810. The van der Waals surface area contributed by atoms with E-state index in [4.69, 9.17) is 5.73 Å². The molecule has 0 unspecified atom stereocenters. The summed E-state index contributed by atoms with van der Waals surface area (Å²) >= 11 is 3.40. The van der Waals surface area contributed by atoms with E-state index in [0.29, 0.717) is 5.82 Å². The average molecular weight is 243 g/mol. The van der Waals surface area contributed by atoms with E-state index in [-0.39, 0.29) is 0 Å². The Morgan fingerprint density at radius 3 is 2.69 bits per heavy atom. The molecule has 0 aliphatic carbocycles. The molecule has 13 heavy (non-hydrogen) atoms. The molecule has 70 valence electrons. The zero-order valence-corrected chi connectivity index (χ0v) is 8.79. The van der Waals surface area contributed by atoms with Gasteiger partial charge in [0.25, 0.3) is 0 Å². The number of nitrogens with two attached hydrogens (primary N) is 1. The number of nitrogens with zero attached hydrogens (tertiary/aromatic N) is 3. The first-order chi connectivity index (χ1) is 6.29. The number of hydrogen-bond donors (Lipinski definition) is 1. The second-order valence-electron chi connectivity index (χ2n) is 3.09. The summed E-state index contributed by atoms with van der Waals surface area (Å²) in [5, 5.41) is 0. The highest BCUT2D eigenvalue weighted by Crippen LogP contribution is 2.29. The summed E-state index contributed by atoms with van der Waals surface area (Å²) in [7, 11) is 0. The van der Waals surface area contributed by atoms with E-state index in [1.165, 1.54) is 19.2 Å². The number of aromatic nitrogens is 2. The predicted molar refractivity (Wildman–Crippen MR) is 55.6 cm³/mol. The lowest BCUT2D eigenvalue weighted by atomic mass is 10.4. The predicted octanol–water partition coefficient (Wildman–Crippen LogP) is 1.42. The lowest BCUT2D eigenvalue weighted by Gasteiger charge is -2.17. The highest BCUT2D eigenvalue weighted by atomic mass is 79.9. The van der Waals surface area contributed by atoms with Crippen LogP contribution in [0.1, 0.15) is 12.8 Å². The first-order valence-corrected chi connectivity index (χ1v) is 5.09. The number of anilines is 2. The monoisotopic (exact) mass is 242 g/mol. The largest absolute Gasteiger partial charge is 0.383 e. The lowest BCUT2D eigenvalue weighted by molar-refractivity contribution is 0.923. The van der Waals surface area contributed by atoms with Gasteiger partial charge >= 0.3 is 0 Å². The van der Waals surface area contributed by atoms with Crippen LogP contribution in [-0.2, 0) is 0 Å². The average Bonchev–Trinajstić information content (AvgIpc) is 2.62. The van der Waals surface area contributed by atoms with E-state index in [1.807, 2.05) is 0 Å². The zero-order chi connectivity index (χ0) is 9.26. The summed E-state index contributed by atoms with van der Waals surface area (Å²) in [6.07, 6.45) is 3.97. The Kier molecular flexibility index (Phi) is 2.35. The fourth-order valence-corrected chi connectivity index (χ4v) is 1.98. The fourth-order valence-electron chi connectivity index (χ4n) is 1.52. The van der Waals surface area contributed by atoms with Crippen molar-refractivity contribution in [1.82, 2.24) is 9.97 Å². The normalized spacial score (nSPS) is 16.5. The molecule has 1 aliphatic heterocycles. The molecule has 1 aromatic heterocycles. The molecule has 2 rings (SSSR count). The van der Waals surface area contributed by atoms with Gasteiger partial charge in [0.05, 0.1) is 0 Å². The fraction of sp³-hybridized carbons (Fsp3) is 0.500. The molecule has 0 atom stereocenters. The molecule has 4 nitrogen and oxygen atoms in total. The molecule has 0 aromatic carbocycles. The molecule has 2 N–H and O–H groups in total. The summed E-state index contributed by atoms with van der Waals surface area (Å²) in [5.41, 5.74) is 5.66. The maximum absolute atomic E-state index is 5.66. The van der Waals surface area contributed by atoms with Gasteiger partial charge in [-0.05, 0) is 28.8 Å². The van der Waals surface area contributed by atoms with Crippen molar-refractivity contribution in [3.05, 3.63) is 10.8 Å². The van der Waals surface area contributed by atoms with Gasteiger partial charge in [0.1, 0.15) is 22.4 Å². The third-order valence-electron chi connectivity index (χ3n) is 2.20. The molecule has 0 amide bonds. The molecular weight excluding hydrogens is 232 g/mol. The Bertz CT molecular complexity index is 309. The van der Waals surface area contributed by atoms with E-state index < -0.39 is 0 Å². The minimum atomic E-state index is 0.511. The van der Waals surface area contributed by atoms with Crippen LogP contribution in [0.2, 0.25) is 0 Å². The molecule has 0 radical (unpaired) electrons. The molecule has 0 saturated carbocycles. The minimum absolute atomic E-state index is 0.511. The molecule has 2 heterocycles. The van der Waals surface area contributed by atoms with E-state index in [1.54, 1.807) is 0 Å². The van der Waals surface area contributed by atoms with E-state index in [2.05, 4.69) is 30.8 Å². The zero-order valence-electron chi connectivity index (χ0n) is 7.20. The second-order valence-corrected chi connectivity index (χ2v) is 3.88. The molecule has 5 heteroatoms. The number of hydrogen-bond acceptors (Lipinski definition) is 4. The van der Waals surface area contributed by atoms with Crippen molar-refractivity contribution < 1.29 is 0 Å². The van der Waals surface area contributed by atoms with Crippen molar-refractivity contribution in [2.45, 2.75) is 12.8 Å². The van der Waals surface area contributed by atoms with Crippen LogP contribution in [0.25, 0.3) is 0 Å². The Hall–Kier alpha value is -0.840. The summed E-state index contributed by atoms with van der Waals surface area (Å²) in [6, 6.07) is 0. The highest BCUT2D eigenvalue weighted by Gasteiger charge is 2.17. The lowest BCUT2D eigenvalue weighted by Crippen LogP contribution is -2.20. The van der Waals surface area contributed by atoms with Crippen LogP contribution in [0.5, 0.6) is 0 Å². The summed E-state index contributed by atoms with van der Waals surface area (Å²) in [5.74, 6) is 1.43. The Morgan fingerprint density at radius 1 is 1.31 bits per heavy atom. The molecule has 0 spiro atoms. The molecule has 1 aliphatic rings. The Balaban J connectivity index is 2.33. The molecule has 1 aromatic rings. The molecule has 1 fully saturated rings. The van der Waals surface area contributed by atoms with Gasteiger partial charge in [-0.1, -0.05) is 0 Å². The summed E-state index contributed by atoms with van der Waals surface area (Å²) < 4.78 is 0.817. The number of nitrogen functional groups attached to an aromatic ring is 1. The van der Waals surface area contributed by atoms with Gasteiger partial charge in [-0.3, -0.25) is 0 Å². The SMILES string of the molecule is Nc1ncnc(N2CCCC2)c1Br. The van der Waals surface area contributed by atoms with Gasteiger partial charge in [-0.15, -0.1) is 0 Å². The topological polar surface area (TPSA) is 55.0 Å². The molecule has 0 bridgehead atoms. The number of rotatable bonds is 1. The first-order valence-electron chi connectivity index (χ1n) is 4.30. The van der Waals surface area contributed by atoms with Crippen LogP contribution < -0.4 is 10.6 Å². The van der Waals surface area contributed by atoms with Gasteiger partial charge in [0.2, 0.25) is 0 Å². The van der Waals surface area contributed by atoms with Crippen molar-refractivity contribution >= 4 is 27.6 Å². The smallest absolute Gasteiger partial charge is 0.148 e. The minimum Gasteiger partial charge on any atom is -0.383 e. The second kappa shape index (κ2) is 3.49. The van der Waals surface area contributed by atoms with Gasteiger partial charge in [-0.25, -0.2) is 9.97 Å². The van der Waals surface area contributed by atoms with Crippen molar-refractivity contribution in [2.24, 2.45) is 0 Å². The Morgan fingerprint density at radius 2 is 2.00 bits per heavy atom. The van der Waals surface area contributed by atoms with Gasteiger partial charge < -0.3 is 10.6 Å². The first kappa shape index (κ1) is 8.74. The maximum atomic E-state index is 5.66. The Labute approximate surface area is 85.3 Å². The van der Waals surface area contributed by atoms with Crippen molar-refractivity contribution in [3.8, 4) is 0 Å². The van der Waals surface area contributed by atoms with Crippen LogP contribution in [-0.4, -0.2) is 23.1 Å². The van der Waals surface area contributed by atoms with Crippen LogP contribution in [0.15, 0.2) is 10.8 Å². The van der Waals surface area contributed by atoms with Crippen molar-refractivity contribution in [1.29, 1.82) is 0 Å². The maximum Gasteiger partial charge on any atom is 0.148 e. The van der Waals surface area contributed by atoms with E-state index >= 15 is 0 Å². The van der Waals surface area contributed by atoms with Crippen molar-refractivity contribution in [2.75, 3.05) is 23.7 Å². The van der Waals surface area contributed by atoms with Crippen LogP contribution in [0, 0.1) is 0 Å². The van der Waals surface area contributed by atoms with Crippen LogP contribution in [0.3, 0.4) is 0 Å². The van der Waals surface area contributed by atoms with Crippen molar-refractivity contribution in [3.63, 3.8) is 0 Å². The third-order valence-corrected chi connectivity index (χ3v) is 2.96. The van der Waals surface area contributed by atoms with E-state index in [0.717, 1.165) is 23.4 Å².